The van der Waals surface area contributed by atoms with Crippen LogP contribution in [0.2, 0.25) is 0 Å². The zero-order chi connectivity index (χ0) is 100. The molecule has 0 saturated heterocycles. The molecule has 20 aromatic rings. The highest BCUT2D eigenvalue weighted by Crippen LogP contribution is 2.39. The monoisotopic (exact) mass is 1960 g/mol. The molecule has 16 aromatic heterocycles. The molecule has 0 atom stereocenters. The van der Waals surface area contributed by atoms with E-state index in [1.165, 1.54) is 130 Å². The molecule has 141 heavy (non-hydrogen) atoms. The quantitative estimate of drug-likeness (QED) is 0.0442. The van der Waals surface area contributed by atoms with Gasteiger partial charge in [0.05, 0.1) is 138 Å². The Balaban J connectivity index is 0.000000130. The van der Waals surface area contributed by atoms with Crippen molar-refractivity contribution < 1.29 is 65.9 Å². The molecular formula is C95H57F12N21O11S2. The first kappa shape index (κ1) is 94.8. The first-order chi connectivity index (χ1) is 67.0. The lowest BCUT2D eigenvalue weighted by Crippen LogP contribution is -2.37. The van der Waals surface area contributed by atoms with Crippen LogP contribution >= 0.6 is 11.8 Å². The standard InChI is InChI=1S/C25H16F3N5O3.C24H13F3N6O2.C23H14F3N5O4S.C23H14F3N5O2S/c1-13(34)9-16-6-5-14(11-29-16)19-7-8-20-21(31-19)22-18(12-30-20)23(35)32-24(36)33(22)17-4-2-3-15(10-17)25(26,27)28;1-28-19-9-6-13(11-30-19)17-7-8-18-20(31-17)21-16(12-29-18)22(34)32(2)23(35)33(21)15-5-3-4-14(10-15)24(25,26)27;1-36(34,35)18-8-5-12(10-28-18)16-6-7-17-19(29-16)20-15(11-27-17)21(32)30-22(33)31(20)14-4-2-3-13(9-14)23(24,25)26;1-34-18-8-5-12(10-28-18)16-6-7-17-19(29-16)20-15(11-27-17)21(32)30-22(33)31(20)14-4-2-3-13(9-14)23(24,25)26/h2-8,10-12H,9H2,1H3,(H,32,35,36);3-12H,2H3;2-11H,1H3,(H,30,32,33);2-11H,1H3,(H,30,32,33). The van der Waals surface area contributed by atoms with Crippen LogP contribution in [0.15, 0.2) is 292 Å². The minimum atomic E-state index is -4.65. The Morgan fingerprint density at radius 1 is 0.390 bits per heavy atom. The highest BCUT2D eigenvalue weighted by molar-refractivity contribution is 7.98. The summed E-state index contributed by atoms with van der Waals surface area (Å²) in [4.78, 5) is 175. The molecule has 0 aliphatic heterocycles. The van der Waals surface area contributed by atoms with Crippen molar-refractivity contribution in [2.45, 2.75) is 48.1 Å². The molecule has 0 fully saturated rings. The van der Waals surface area contributed by atoms with Crippen molar-refractivity contribution in [2.24, 2.45) is 7.05 Å². The van der Waals surface area contributed by atoms with Crippen LogP contribution in [0.4, 0.5) is 58.5 Å². The number of fused-ring (bicyclic) bond motifs is 12. The smallest absolute Gasteiger partial charge is 0.361 e. The van der Waals surface area contributed by atoms with Gasteiger partial charge >= 0.3 is 47.5 Å². The SMILES string of the molecule is CC(=O)Cc1ccc(-c2ccc3ncc4c(=O)[nH]c(=O)n(-c5cccc(C(F)(F)F)c5)c4c3n2)cn1.CS(=O)(=O)c1ccc(-c2ccc3ncc4c(=O)[nH]c(=O)n(-c5cccc(C(F)(F)F)c5)c4c3n2)cn1.CSc1ccc(-c2ccc3ncc4c(=O)[nH]c(=O)n(-c5cccc(C(F)(F)F)c5)c4c3n2)cn1.[C-]#[N+]c1ccc(-c2ccc3ncc4c(=O)n(C)c(=O)n(-c5cccc(C(F)(F)F)c5)c4c3n2)cn1. The number of thioether (sulfide) groups is 1. The predicted molar refractivity (Wildman–Crippen MR) is 496 cm³/mol. The molecule has 32 nitrogen and oxygen atoms in total. The van der Waals surface area contributed by atoms with E-state index in [-0.39, 0.29) is 117 Å². The number of rotatable bonds is 12. The molecule has 0 amide bonds. The Bertz CT molecular complexity index is 9280. The molecule has 0 saturated carbocycles. The van der Waals surface area contributed by atoms with Gasteiger partial charge in [0.15, 0.2) is 14.9 Å². The molecule has 0 radical (unpaired) electrons. The largest absolute Gasteiger partial charge is 0.416 e. The number of aromatic amines is 3. The number of Topliss-reactive ketones (excluding diaryl/α,β-unsaturated/α-hetero) is 1. The third kappa shape index (κ3) is 19.0. The fraction of sp³-hybridized carbons (Fsp3) is 0.0947. The lowest BCUT2D eigenvalue weighted by atomic mass is 10.1. The number of halogens is 12. The Morgan fingerprint density at radius 2 is 0.716 bits per heavy atom. The van der Waals surface area contributed by atoms with Gasteiger partial charge in [0.2, 0.25) is 0 Å². The number of hydrogen-bond acceptors (Lipinski definition) is 24. The molecule has 46 heteroatoms. The number of ketones is 1. The molecule has 0 aliphatic rings. The maximum absolute atomic E-state index is 13.4. The van der Waals surface area contributed by atoms with Crippen LogP contribution in [0.5, 0.6) is 0 Å². The summed E-state index contributed by atoms with van der Waals surface area (Å²) < 4.78 is 189. The van der Waals surface area contributed by atoms with E-state index in [0.29, 0.717) is 67.3 Å². The molecule has 0 aliphatic carbocycles. The molecule has 0 bridgehead atoms. The number of sulfone groups is 1. The summed E-state index contributed by atoms with van der Waals surface area (Å²) in [7, 11) is -2.28. The van der Waals surface area contributed by atoms with Crippen LogP contribution in [0.3, 0.4) is 0 Å². The fourth-order valence-electron chi connectivity index (χ4n) is 15.1. The van der Waals surface area contributed by atoms with E-state index in [9.17, 15) is 104 Å². The van der Waals surface area contributed by atoms with Crippen molar-refractivity contribution in [3.8, 4) is 67.8 Å². The van der Waals surface area contributed by atoms with Gasteiger partial charge in [-0.05, 0) is 177 Å². The summed E-state index contributed by atoms with van der Waals surface area (Å²) in [5.74, 6) is 0.165. The van der Waals surface area contributed by atoms with Crippen molar-refractivity contribution in [2.75, 3.05) is 12.5 Å². The average Bonchev–Trinajstić information content (AvgIpc) is 0.768. The summed E-state index contributed by atoms with van der Waals surface area (Å²) in [5, 5.41) is 0.646. The van der Waals surface area contributed by atoms with Crippen LogP contribution in [-0.4, -0.2) is 124 Å². The van der Waals surface area contributed by atoms with E-state index in [1.54, 1.807) is 72.9 Å². The minimum Gasteiger partial charge on any atom is -0.361 e. The number of hydrogen-bond donors (Lipinski definition) is 3. The fourth-order valence-corrected chi connectivity index (χ4v) is 16.0. The lowest BCUT2D eigenvalue weighted by molar-refractivity contribution is -0.138. The number of benzene rings is 4. The van der Waals surface area contributed by atoms with Gasteiger partial charge in [-0.2, -0.15) is 52.7 Å². The second kappa shape index (κ2) is 37.0. The second-order valence-electron chi connectivity index (χ2n) is 31.0. The zero-order valence-electron chi connectivity index (χ0n) is 72.2. The van der Waals surface area contributed by atoms with Gasteiger partial charge in [0, 0.05) is 91.0 Å². The van der Waals surface area contributed by atoms with Crippen LogP contribution in [0.1, 0.15) is 34.9 Å². The highest BCUT2D eigenvalue weighted by atomic mass is 32.2. The molecule has 0 spiro atoms. The third-order valence-electron chi connectivity index (χ3n) is 21.7. The Labute approximate surface area is 782 Å². The van der Waals surface area contributed by atoms with Crippen LogP contribution in [-0.2, 0) is 52.8 Å². The van der Waals surface area contributed by atoms with E-state index in [4.69, 9.17) is 6.57 Å². The molecular weight excluding hydrogens is 1900 g/mol. The minimum absolute atomic E-state index is 0.0147. The summed E-state index contributed by atoms with van der Waals surface area (Å²) in [6, 6.07) is 43.1. The van der Waals surface area contributed by atoms with Gasteiger partial charge in [-0.15, -0.1) is 16.7 Å². The Morgan fingerprint density at radius 3 is 1.01 bits per heavy atom. The maximum Gasteiger partial charge on any atom is 0.416 e. The van der Waals surface area contributed by atoms with Crippen molar-refractivity contribution >= 4 is 121 Å². The summed E-state index contributed by atoms with van der Waals surface area (Å²) >= 11 is 1.48. The van der Waals surface area contributed by atoms with Gasteiger partial charge < -0.3 is 4.85 Å². The van der Waals surface area contributed by atoms with Crippen molar-refractivity contribution in [1.29, 1.82) is 0 Å². The van der Waals surface area contributed by atoms with Crippen molar-refractivity contribution in [1.82, 2.24) is 97.6 Å². The second-order valence-corrected chi connectivity index (χ2v) is 33.8. The topological polar surface area (TPSA) is 419 Å². The Kier molecular flexibility index (Phi) is 24.9. The van der Waals surface area contributed by atoms with E-state index >= 15 is 0 Å². The summed E-state index contributed by atoms with van der Waals surface area (Å²) in [6.07, 6.45) is -4.46. The van der Waals surface area contributed by atoms with Gasteiger partial charge in [-0.25, -0.2) is 57.5 Å². The molecule has 20 rings (SSSR count). The average molecular weight is 1960 g/mol. The van der Waals surface area contributed by atoms with E-state index < -0.39 is 102 Å². The van der Waals surface area contributed by atoms with Crippen LogP contribution in [0, 0.1) is 6.57 Å². The number of nitrogens with one attached hydrogen (secondary N) is 3. The first-order valence-corrected chi connectivity index (χ1v) is 44.0. The van der Waals surface area contributed by atoms with E-state index in [2.05, 4.69) is 79.6 Å². The predicted octanol–water partition coefficient (Wildman–Crippen LogP) is 15.6. The first-order valence-electron chi connectivity index (χ1n) is 40.9. The molecule has 4 aromatic carbocycles. The number of aromatic nitrogens is 20. The molecule has 704 valence electrons. The van der Waals surface area contributed by atoms with Crippen molar-refractivity contribution in [3.63, 3.8) is 0 Å². The van der Waals surface area contributed by atoms with Gasteiger partial charge in [0.1, 0.15) is 34.0 Å². The van der Waals surface area contributed by atoms with E-state index in [0.717, 1.165) is 88.7 Å². The highest BCUT2D eigenvalue weighted by Gasteiger charge is 2.36. The molecule has 3 N–H and O–H groups in total. The lowest BCUT2D eigenvalue weighted by Gasteiger charge is -2.15. The number of pyridine rings is 12. The number of carbonyl (C=O) groups excluding carboxylic acids is 1. The zero-order valence-corrected chi connectivity index (χ0v) is 73.8. The van der Waals surface area contributed by atoms with Gasteiger partial charge in [-0.3, -0.25) is 86.7 Å². The van der Waals surface area contributed by atoms with Crippen molar-refractivity contribution in [3.05, 3.63) is 366 Å². The molecule has 16 heterocycles. The number of alkyl halides is 12. The van der Waals surface area contributed by atoms with Gasteiger partial charge in [0.25, 0.3) is 28.1 Å². The van der Waals surface area contributed by atoms with Crippen LogP contribution < -0.4 is 45.0 Å². The van der Waals surface area contributed by atoms with Crippen LogP contribution in [0.25, 0.3) is 160 Å². The van der Waals surface area contributed by atoms with E-state index in [1.807, 2.05) is 18.4 Å². The Hall–Kier alpha value is -17.9. The summed E-state index contributed by atoms with van der Waals surface area (Å²) in [6.45, 7) is 8.50. The molecule has 0 unspecified atom stereocenters. The van der Waals surface area contributed by atoms with Gasteiger partial charge in [-0.1, -0.05) is 36.9 Å². The number of nitrogens with zero attached hydrogens (tertiary/aromatic N) is 18. The maximum atomic E-state index is 13.4. The number of H-pyrrole nitrogens is 3. The summed E-state index contributed by atoms with van der Waals surface area (Å²) in [5.41, 5.74) is -4.10. The number of carbonyl (C=O) groups is 1. The normalized spacial score (nSPS) is 11.9. The third-order valence-corrected chi connectivity index (χ3v) is 23.4.